The third kappa shape index (κ3) is 5.32. The van der Waals surface area contributed by atoms with Crippen LogP contribution in [0, 0.1) is 17.5 Å². The van der Waals surface area contributed by atoms with E-state index in [0.29, 0.717) is 34.4 Å². The van der Waals surface area contributed by atoms with E-state index in [1.54, 1.807) is 35.4 Å². The number of rotatable bonds is 7. The van der Waals surface area contributed by atoms with Gasteiger partial charge in [0.1, 0.15) is 5.82 Å². The van der Waals surface area contributed by atoms with E-state index in [4.69, 9.17) is 11.6 Å². The van der Waals surface area contributed by atoms with E-state index in [1.165, 1.54) is 11.3 Å². The Kier molecular flexibility index (Phi) is 7.03. The van der Waals surface area contributed by atoms with Crippen LogP contribution in [0.1, 0.15) is 36.0 Å². The van der Waals surface area contributed by atoms with E-state index in [9.17, 15) is 22.8 Å². The lowest BCUT2D eigenvalue weighted by atomic mass is 10.2. The summed E-state index contributed by atoms with van der Waals surface area (Å²) in [6.07, 6.45) is 1.74. The number of hydrogen-bond donors (Lipinski definition) is 1. The number of anilines is 2. The number of aromatic nitrogens is 6. The van der Waals surface area contributed by atoms with Crippen molar-refractivity contribution < 1.29 is 13.2 Å². The summed E-state index contributed by atoms with van der Waals surface area (Å²) in [7, 11) is 1.74. The normalized spacial score (nSPS) is 11.6. The van der Waals surface area contributed by atoms with E-state index in [1.807, 2.05) is 13.8 Å². The first-order valence-electron chi connectivity index (χ1n) is 11.7. The summed E-state index contributed by atoms with van der Waals surface area (Å²) in [5, 5.41) is 10.6. The number of aryl methyl sites for hydroxylation is 1. The van der Waals surface area contributed by atoms with Gasteiger partial charge in [-0.3, -0.25) is 9.25 Å². The molecule has 9 nitrogen and oxygen atoms in total. The lowest BCUT2D eigenvalue weighted by molar-refractivity contribution is 0.485. The zero-order chi connectivity index (χ0) is 28.0. The van der Waals surface area contributed by atoms with Gasteiger partial charge in [0, 0.05) is 41.6 Å². The van der Waals surface area contributed by atoms with E-state index >= 15 is 0 Å². The molecule has 0 saturated heterocycles. The second-order valence-corrected chi connectivity index (χ2v) is 10.5. The molecule has 5 aromatic rings. The van der Waals surface area contributed by atoms with E-state index < -0.39 is 35.4 Å². The Morgan fingerprint density at radius 3 is 2.46 bits per heavy atom. The molecule has 202 valence electrons. The van der Waals surface area contributed by atoms with Crippen molar-refractivity contribution in [2.24, 2.45) is 7.05 Å². The number of hydrogen-bond acceptors (Lipinski definition) is 7. The molecule has 0 radical (unpaired) electrons. The number of nitrogens with zero attached hydrogens (tertiary/aromatic N) is 6. The van der Waals surface area contributed by atoms with Gasteiger partial charge in [-0.15, -0.1) is 11.3 Å². The van der Waals surface area contributed by atoms with Crippen LogP contribution in [-0.4, -0.2) is 28.9 Å². The second kappa shape index (κ2) is 10.3. The molecule has 0 atom stereocenters. The summed E-state index contributed by atoms with van der Waals surface area (Å²) in [4.78, 5) is 35.1. The van der Waals surface area contributed by atoms with Gasteiger partial charge in [-0.25, -0.2) is 32.3 Å². The van der Waals surface area contributed by atoms with Crippen LogP contribution in [0.15, 0.2) is 45.4 Å². The molecule has 0 fully saturated rings. The van der Waals surface area contributed by atoms with Gasteiger partial charge in [0.05, 0.1) is 40.0 Å². The maximum Gasteiger partial charge on any atom is 0.355 e. The highest BCUT2D eigenvalue weighted by Gasteiger charge is 2.19. The van der Waals surface area contributed by atoms with Crippen LogP contribution in [0.2, 0.25) is 5.02 Å². The molecule has 0 amide bonds. The minimum Gasteiger partial charge on any atom is -0.324 e. The summed E-state index contributed by atoms with van der Waals surface area (Å²) in [6.45, 7) is 3.19. The number of thiazole rings is 1. The summed E-state index contributed by atoms with van der Waals surface area (Å²) >= 11 is 7.81. The third-order valence-corrected chi connectivity index (χ3v) is 7.41. The fourth-order valence-corrected chi connectivity index (χ4v) is 5.00. The maximum atomic E-state index is 14.6. The van der Waals surface area contributed by atoms with Gasteiger partial charge in [-0.05, 0) is 18.2 Å². The molecule has 14 heteroatoms. The first-order chi connectivity index (χ1) is 18.5. The first-order valence-corrected chi connectivity index (χ1v) is 12.9. The van der Waals surface area contributed by atoms with Crippen molar-refractivity contribution in [2.45, 2.75) is 32.9 Å². The van der Waals surface area contributed by atoms with Crippen molar-refractivity contribution in [1.29, 1.82) is 0 Å². The Morgan fingerprint density at radius 1 is 1.00 bits per heavy atom. The standard InChI is InChI=1S/C25H21ClF3N7O2S/c1-12(2)22-30-15(11-39-22)10-36-24(37)32-23(31-21-5-14-8-34(3)33-20(14)6-16(21)26)35(25(36)38)9-13-4-18(28)19(29)7-17(13)27/h4-8,11-12H,9-10H2,1-3H3,(H,31,32,37). The molecule has 0 unspecified atom stereocenters. The van der Waals surface area contributed by atoms with Gasteiger partial charge >= 0.3 is 11.4 Å². The summed E-state index contributed by atoms with van der Waals surface area (Å²) < 4.78 is 45.5. The highest BCUT2D eigenvalue weighted by molar-refractivity contribution is 7.09. The molecule has 0 spiro atoms. The molecule has 2 aromatic carbocycles. The molecule has 39 heavy (non-hydrogen) atoms. The van der Waals surface area contributed by atoms with E-state index in [-0.39, 0.29) is 29.0 Å². The Morgan fingerprint density at radius 2 is 1.74 bits per heavy atom. The molecule has 0 aliphatic rings. The average Bonchev–Trinajstić information content (AvgIpc) is 3.48. The smallest absolute Gasteiger partial charge is 0.324 e. The minimum atomic E-state index is -1.37. The van der Waals surface area contributed by atoms with Crippen LogP contribution in [-0.2, 0) is 20.1 Å². The van der Waals surface area contributed by atoms with Crippen LogP contribution < -0.4 is 16.7 Å². The van der Waals surface area contributed by atoms with Crippen molar-refractivity contribution >= 4 is 45.5 Å². The van der Waals surface area contributed by atoms with Crippen molar-refractivity contribution in [3.63, 3.8) is 0 Å². The Hall–Kier alpha value is -3.97. The van der Waals surface area contributed by atoms with Crippen molar-refractivity contribution in [3.05, 3.63) is 95.6 Å². The molecule has 0 aliphatic heterocycles. The van der Waals surface area contributed by atoms with Crippen LogP contribution in [0.4, 0.5) is 24.8 Å². The van der Waals surface area contributed by atoms with Gasteiger partial charge in [0.2, 0.25) is 5.95 Å². The highest BCUT2D eigenvalue weighted by Crippen LogP contribution is 2.29. The SMILES string of the molecule is CC(C)c1nc(Cn2c(=O)nc(Nc3cc4cn(C)nc4cc3Cl)n(Cc3cc(F)c(F)cc3F)c2=O)cs1. The van der Waals surface area contributed by atoms with Crippen molar-refractivity contribution in [1.82, 2.24) is 28.9 Å². The number of halogens is 4. The van der Waals surface area contributed by atoms with Gasteiger partial charge < -0.3 is 5.32 Å². The van der Waals surface area contributed by atoms with Crippen molar-refractivity contribution in [3.8, 4) is 0 Å². The van der Waals surface area contributed by atoms with Gasteiger partial charge in [0.25, 0.3) is 0 Å². The number of fused-ring (bicyclic) bond motifs is 1. The van der Waals surface area contributed by atoms with E-state index in [0.717, 1.165) is 14.1 Å². The Balaban J connectivity index is 1.63. The largest absolute Gasteiger partial charge is 0.355 e. The number of benzene rings is 2. The molecule has 0 saturated carbocycles. The Bertz CT molecular complexity index is 1840. The highest BCUT2D eigenvalue weighted by atomic mass is 35.5. The minimum absolute atomic E-state index is 0.153. The van der Waals surface area contributed by atoms with Gasteiger partial charge in [0.15, 0.2) is 11.6 Å². The summed E-state index contributed by atoms with van der Waals surface area (Å²) in [5.74, 6) is -3.84. The summed E-state index contributed by atoms with van der Waals surface area (Å²) in [6, 6.07) is 4.28. The Labute approximate surface area is 228 Å². The predicted octanol–water partition coefficient (Wildman–Crippen LogP) is 4.78. The first kappa shape index (κ1) is 26.6. The molecule has 0 aliphatic carbocycles. The fourth-order valence-electron chi connectivity index (χ4n) is 3.97. The molecular formula is C25H21ClF3N7O2S. The summed E-state index contributed by atoms with van der Waals surface area (Å²) in [5.41, 5.74) is -0.693. The lowest BCUT2D eigenvalue weighted by Crippen LogP contribution is -2.43. The maximum absolute atomic E-state index is 14.6. The van der Waals surface area contributed by atoms with E-state index in [2.05, 4.69) is 20.4 Å². The zero-order valence-corrected chi connectivity index (χ0v) is 22.4. The zero-order valence-electron chi connectivity index (χ0n) is 20.9. The van der Waals surface area contributed by atoms with Gasteiger partial charge in [-0.2, -0.15) is 10.1 Å². The van der Waals surface area contributed by atoms with Crippen LogP contribution in [0.5, 0.6) is 0 Å². The van der Waals surface area contributed by atoms with Crippen LogP contribution >= 0.6 is 22.9 Å². The molecule has 5 rings (SSSR count). The molecule has 3 heterocycles. The van der Waals surface area contributed by atoms with Crippen LogP contribution in [0.25, 0.3) is 10.9 Å². The predicted molar refractivity (Wildman–Crippen MR) is 142 cm³/mol. The quantitative estimate of drug-likeness (QED) is 0.280. The number of nitrogens with one attached hydrogen (secondary N) is 1. The average molecular weight is 576 g/mol. The van der Waals surface area contributed by atoms with Crippen LogP contribution in [0.3, 0.4) is 0 Å². The molecule has 0 bridgehead atoms. The lowest BCUT2D eigenvalue weighted by Gasteiger charge is -2.16. The fraction of sp³-hybridized carbons (Fsp3) is 0.240. The second-order valence-electron chi connectivity index (χ2n) is 9.18. The molecule has 1 N–H and O–H groups in total. The third-order valence-electron chi connectivity index (χ3n) is 5.91. The van der Waals surface area contributed by atoms with Gasteiger partial charge in [-0.1, -0.05) is 25.4 Å². The van der Waals surface area contributed by atoms with Crippen molar-refractivity contribution in [2.75, 3.05) is 5.32 Å². The monoisotopic (exact) mass is 575 g/mol. The molecular weight excluding hydrogens is 555 g/mol. The molecule has 3 aromatic heterocycles. The topological polar surface area (TPSA) is 99.6 Å².